The summed E-state index contributed by atoms with van der Waals surface area (Å²) in [6, 6.07) is 0. The van der Waals surface area contributed by atoms with Crippen LogP contribution in [0.2, 0.25) is 0 Å². The van der Waals surface area contributed by atoms with Crippen LogP contribution < -0.4 is 5.32 Å². The van der Waals surface area contributed by atoms with Gasteiger partial charge in [0.1, 0.15) is 0 Å². The van der Waals surface area contributed by atoms with Gasteiger partial charge in [-0.2, -0.15) is 9.35 Å². The van der Waals surface area contributed by atoms with Gasteiger partial charge in [0.05, 0.1) is 0 Å². The number of hydrogen-bond donors (Lipinski definition) is 2. The molecule has 5 heteroatoms. The van der Waals surface area contributed by atoms with Gasteiger partial charge >= 0.3 is 0 Å². The zero-order valence-corrected chi connectivity index (χ0v) is 9.82. The molecule has 0 spiro atoms. The highest BCUT2D eigenvalue weighted by Gasteiger charge is 2.12. The van der Waals surface area contributed by atoms with Gasteiger partial charge < -0.3 is 9.87 Å². The Labute approximate surface area is 85.0 Å². The molecular formula is C9H19NO3S. The molecular weight excluding hydrogens is 202 g/mol. The van der Waals surface area contributed by atoms with Gasteiger partial charge in [0.2, 0.25) is 5.91 Å². The topological polar surface area (TPSA) is 66.4 Å². The summed E-state index contributed by atoms with van der Waals surface area (Å²) < 4.78 is 20.8. The minimum absolute atomic E-state index is 0.202. The summed E-state index contributed by atoms with van der Waals surface area (Å²) in [7, 11) is -3.41. The van der Waals surface area contributed by atoms with Gasteiger partial charge in [-0.25, -0.2) is 4.21 Å². The van der Waals surface area contributed by atoms with E-state index in [1.807, 2.05) is 0 Å². The SMILES string of the molecule is C=C(C)C(=O)NCCCS(C)(C)(=O)O. The molecule has 0 aromatic heterocycles. The van der Waals surface area contributed by atoms with E-state index in [0.717, 1.165) is 0 Å². The average molecular weight is 221 g/mol. The molecule has 0 heterocycles. The molecule has 0 atom stereocenters. The molecule has 0 aliphatic heterocycles. The van der Waals surface area contributed by atoms with Gasteiger partial charge in [0, 0.05) is 30.4 Å². The number of nitrogens with one attached hydrogen (secondary N) is 1. The van der Waals surface area contributed by atoms with Gasteiger partial charge in [-0.1, -0.05) is 6.58 Å². The van der Waals surface area contributed by atoms with Crippen molar-refractivity contribution in [2.45, 2.75) is 13.3 Å². The third-order valence-electron chi connectivity index (χ3n) is 1.58. The Hall–Kier alpha value is -0.680. The molecule has 0 aliphatic rings. The lowest BCUT2D eigenvalue weighted by atomic mass is 10.3. The maximum absolute atomic E-state index is 11.4. The van der Waals surface area contributed by atoms with E-state index in [9.17, 15) is 13.6 Å². The van der Waals surface area contributed by atoms with E-state index in [1.54, 1.807) is 6.92 Å². The largest absolute Gasteiger partial charge is 0.352 e. The minimum Gasteiger partial charge on any atom is -0.352 e. The molecule has 0 rings (SSSR count). The summed E-state index contributed by atoms with van der Waals surface area (Å²) in [6.45, 7) is 5.50. The molecule has 0 saturated heterocycles. The average Bonchev–Trinajstić information content (AvgIpc) is 1.94. The Bertz CT molecular complexity index is 292. The first kappa shape index (κ1) is 13.3. The highest BCUT2D eigenvalue weighted by molar-refractivity contribution is 8.13. The van der Waals surface area contributed by atoms with Crippen LogP contribution in [0.15, 0.2) is 12.2 Å². The highest BCUT2D eigenvalue weighted by Crippen LogP contribution is 2.11. The summed E-state index contributed by atoms with van der Waals surface area (Å²) in [4.78, 5) is 11.0. The van der Waals surface area contributed by atoms with E-state index in [1.165, 1.54) is 12.5 Å². The molecule has 1 amide bonds. The van der Waals surface area contributed by atoms with Crippen LogP contribution in [-0.2, 0) is 14.1 Å². The number of amides is 1. The van der Waals surface area contributed by atoms with Crippen molar-refractivity contribution in [3.63, 3.8) is 0 Å². The lowest BCUT2D eigenvalue weighted by Crippen LogP contribution is -2.35. The summed E-state index contributed by atoms with van der Waals surface area (Å²) in [5.41, 5.74) is 0.444. The molecule has 0 unspecified atom stereocenters. The van der Waals surface area contributed by atoms with Gasteiger partial charge in [-0.15, -0.1) is 0 Å². The van der Waals surface area contributed by atoms with Crippen LogP contribution >= 0.6 is 0 Å². The van der Waals surface area contributed by atoms with Crippen molar-refractivity contribution in [3.8, 4) is 0 Å². The Balaban J connectivity index is 3.74. The Morgan fingerprint density at radius 1 is 1.50 bits per heavy atom. The van der Waals surface area contributed by atoms with Crippen molar-refractivity contribution in [2.24, 2.45) is 0 Å². The number of carbonyl (C=O) groups is 1. The number of carbonyl (C=O) groups excluding carboxylic acids is 1. The minimum atomic E-state index is -3.41. The van der Waals surface area contributed by atoms with Crippen molar-refractivity contribution in [1.82, 2.24) is 5.32 Å². The smallest absolute Gasteiger partial charge is 0.246 e. The molecule has 0 aliphatic carbocycles. The van der Waals surface area contributed by atoms with Gasteiger partial charge in [0.15, 0.2) is 0 Å². The van der Waals surface area contributed by atoms with Crippen molar-refractivity contribution < 1.29 is 13.6 Å². The third kappa shape index (κ3) is 7.94. The van der Waals surface area contributed by atoms with Crippen LogP contribution in [0, 0.1) is 0 Å². The van der Waals surface area contributed by atoms with Crippen LogP contribution in [0.4, 0.5) is 0 Å². The molecule has 14 heavy (non-hydrogen) atoms. The first-order valence-electron chi connectivity index (χ1n) is 4.37. The first-order chi connectivity index (χ1) is 6.08. The normalized spacial score (nSPS) is 14.1. The zero-order valence-electron chi connectivity index (χ0n) is 9.00. The molecule has 0 aromatic carbocycles. The Morgan fingerprint density at radius 3 is 2.36 bits per heavy atom. The molecule has 0 saturated carbocycles. The predicted molar refractivity (Wildman–Crippen MR) is 59.9 cm³/mol. The predicted octanol–water partition coefficient (Wildman–Crippen LogP) is 0.621. The number of hydrogen-bond acceptors (Lipinski definition) is 2. The monoisotopic (exact) mass is 221 g/mol. The fraction of sp³-hybridized carbons (Fsp3) is 0.667. The van der Waals surface area contributed by atoms with Gasteiger partial charge in [-0.3, -0.25) is 4.79 Å². The van der Waals surface area contributed by atoms with E-state index >= 15 is 0 Å². The Morgan fingerprint density at radius 2 is 2.00 bits per heavy atom. The van der Waals surface area contributed by atoms with E-state index in [2.05, 4.69) is 11.9 Å². The van der Waals surface area contributed by atoms with Gasteiger partial charge in [-0.05, 0) is 13.3 Å². The van der Waals surface area contributed by atoms with Crippen LogP contribution in [0.3, 0.4) is 0 Å². The van der Waals surface area contributed by atoms with Crippen LogP contribution in [0.1, 0.15) is 13.3 Å². The van der Waals surface area contributed by atoms with Crippen LogP contribution in [-0.4, -0.2) is 39.5 Å². The highest BCUT2D eigenvalue weighted by atomic mass is 32.3. The molecule has 0 aromatic rings. The molecule has 84 valence electrons. The summed E-state index contributed by atoms with van der Waals surface area (Å²) in [5, 5.41) is 2.60. The molecule has 0 fully saturated rings. The number of rotatable bonds is 5. The van der Waals surface area contributed by atoms with E-state index < -0.39 is 9.35 Å². The maximum Gasteiger partial charge on any atom is 0.246 e. The van der Waals surface area contributed by atoms with E-state index in [4.69, 9.17) is 0 Å². The molecule has 2 N–H and O–H groups in total. The van der Waals surface area contributed by atoms with E-state index in [-0.39, 0.29) is 11.7 Å². The second kappa shape index (κ2) is 4.23. The second-order valence-corrected chi connectivity index (χ2v) is 8.52. The third-order valence-corrected chi connectivity index (χ3v) is 3.03. The molecule has 4 nitrogen and oxygen atoms in total. The fourth-order valence-corrected chi connectivity index (χ4v) is 1.81. The first-order valence-corrected chi connectivity index (χ1v) is 7.27. The standard InChI is InChI=1S/C9H19NO3S/c1-8(2)9(11)10-6-5-7-14(3,4,12)13/h1,5-7H2,2-4H3,(H,10,11)(H,12,13). The lowest BCUT2D eigenvalue weighted by molar-refractivity contribution is -0.117. The zero-order chi connectivity index (χ0) is 11.4. The maximum atomic E-state index is 11.4. The molecule has 0 radical (unpaired) electrons. The molecule has 0 bridgehead atoms. The summed E-state index contributed by atoms with van der Waals surface area (Å²) >= 11 is 0. The summed E-state index contributed by atoms with van der Waals surface area (Å²) in [6.07, 6.45) is 3.16. The van der Waals surface area contributed by atoms with Crippen molar-refractivity contribution in [1.29, 1.82) is 0 Å². The van der Waals surface area contributed by atoms with E-state index in [0.29, 0.717) is 18.5 Å². The lowest BCUT2D eigenvalue weighted by Gasteiger charge is -2.33. The van der Waals surface area contributed by atoms with Crippen molar-refractivity contribution >= 4 is 15.3 Å². The summed E-state index contributed by atoms with van der Waals surface area (Å²) in [5.74, 6) is -0.00749. The fourth-order valence-electron chi connectivity index (χ4n) is 0.837. The van der Waals surface area contributed by atoms with Crippen molar-refractivity contribution in [3.05, 3.63) is 12.2 Å². The van der Waals surface area contributed by atoms with Gasteiger partial charge in [0.25, 0.3) is 0 Å². The Kier molecular flexibility index (Phi) is 4.02. The van der Waals surface area contributed by atoms with Crippen LogP contribution in [0.5, 0.6) is 0 Å². The van der Waals surface area contributed by atoms with Crippen molar-refractivity contribution in [2.75, 3.05) is 24.8 Å². The van der Waals surface area contributed by atoms with Crippen LogP contribution in [0.25, 0.3) is 0 Å². The second-order valence-electron chi connectivity index (χ2n) is 4.10. The quantitative estimate of drug-likeness (QED) is 0.528.